The Balaban J connectivity index is 2.82. The van der Waals surface area contributed by atoms with E-state index in [9.17, 15) is 8.42 Å². The van der Waals surface area contributed by atoms with Crippen molar-refractivity contribution >= 4 is 16.0 Å². The SMILES string of the molecule is CN=C(NCc1ccccc1S(=O)(=O)NC(C)(C)C)NC(C)CCC(C)C. The number of rotatable bonds is 8. The highest BCUT2D eigenvalue weighted by Gasteiger charge is 2.24. The Labute approximate surface area is 165 Å². The summed E-state index contributed by atoms with van der Waals surface area (Å²) in [6, 6.07) is 7.32. The van der Waals surface area contributed by atoms with Crippen molar-refractivity contribution in [3.63, 3.8) is 0 Å². The van der Waals surface area contributed by atoms with Crippen LogP contribution < -0.4 is 15.4 Å². The zero-order valence-electron chi connectivity index (χ0n) is 17.8. The smallest absolute Gasteiger partial charge is 0.241 e. The molecule has 1 rings (SSSR count). The van der Waals surface area contributed by atoms with Gasteiger partial charge in [0.25, 0.3) is 0 Å². The summed E-state index contributed by atoms with van der Waals surface area (Å²) in [5.74, 6) is 1.33. The van der Waals surface area contributed by atoms with Crippen molar-refractivity contribution in [1.82, 2.24) is 15.4 Å². The monoisotopic (exact) mass is 396 g/mol. The van der Waals surface area contributed by atoms with Crippen LogP contribution in [0.5, 0.6) is 0 Å². The molecule has 0 aliphatic heterocycles. The molecule has 0 aliphatic rings. The number of aliphatic imine (C=N–C) groups is 1. The molecule has 0 spiro atoms. The summed E-state index contributed by atoms with van der Waals surface area (Å²) in [6.45, 7) is 12.4. The maximum atomic E-state index is 12.7. The highest BCUT2D eigenvalue weighted by molar-refractivity contribution is 7.89. The fourth-order valence-electron chi connectivity index (χ4n) is 2.63. The lowest BCUT2D eigenvalue weighted by molar-refractivity contribution is 0.488. The van der Waals surface area contributed by atoms with Crippen LogP contribution in [0, 0.1) is 5.92 Å². The van der Waals surface area contributed by atoms with Crippen molar-refractivity contribution in [2.75, 3.05) is 7.05 Å². The second-order valence-corrected chi connectivity index (χ2v) is 10.1. The minimum absolute atomic E-state index is 0.288. The van der Waals surface area contributed by atoms with E-state index in [0.717, 1.165) is 12.8 Å². The second kappa shape index (κ2) is 10.1. The molecule has 3 N–H and O–H groups in total. The molecule has 0 saturated heterocycles. The number of hydrogen-bond donors (Lipinski definition) is 3. The van der Waals surface area contributed by atoms with Gasteiger partial charge in [-0.3, -0.25) is 4.99 Å². The van der Waals surface area contributed by atoms with E-state index < -0.39 is 15.6 Å². The van der Waals surface area contributed by atoms with Crippen molar-refractivity contribution in [2.24, 2.45) is 10.9 Å². The Morgan fingerprint density at radius 2 is 1.74 bits per heavy atom. The van der Waals surface area contributed by atoms with Gasteiger partial charge in [-0.05, 0) is 58.1 Å². The van der Waals surface area contributed by atoms with Crippen LogP contribution in [0.3, 0.4) is 0 Å². The molecule has 0 radical (unpaired) electrons. The van der Waals surface area contributed by atoms with Crippen LogP contribution in [-0.2, 0) is 16.6 Å². The Hall–Kier alpha value is -1.60. The number of nitrogens with zero attached hydrogens (tertiary/aromatic N) is 1. The van der Waals surface area contributed by atoms with Crippen molar-refractivity contribution in [3.05, 3.63) is 29.8 Å². The van der Waals surface area contributed by atoms with E-state index >= 15 is 0 Å². The Kier molecular flexibility index (Phi) is 8.75. The molecule has 1 aromatic rings. The molecule has 0 amide bonds. The normalized spacial score (nSPS) is 14.3. The lowest BCUT2D eigenvalue weighted by atomic mass is 10.0. The van der Waals surface area contributed by atoms with E-state index in [2.05, 4.69) is 41.1 Å². The molecule has 0 aliphatic carbocycles. The lowest BCUT2D eigenvalue weighted by Gasteiger charge is -2.22. The van der Waals surface area contributed by atoms with Crippen molar-refractivity contribution < 1.29 is 8.42 Å². The third-order valence-corrected chi connectivity index (χ3v) is 5.79. The number of sulfonamides is 1. The molecule has 6 nitrogen and oxygen atoms in total. The average Bonchev–Trinajstić information content (AvgIpc) is 2.54. The van der Waals surface area contributed by atoms with Crippen molar-refractivity contribution in [3.8, 4) is 0 Å². The second-order valence-electron chi connectivity index (χ2n) is 8.41. The first kappa shape index (κ1) is 23.4. The summed E-state index contributed by atoms with van der Waals surface area (Å²) < 4.78 is 28.2. The maximum absolute atomic E-state index is 12.7. The van der Waals surface area contributed by atoms with Gasteiger partial charge in [0.15, 0.2) is 5.96 Å². The van der Waals surface area contributed by atoms with Gasteiger partial charge in [-0.1, -0.05) is 32.0 Å². The first-order valence-electron chi connectivity index (χ1n) is 9.53. The van der Waals surface area contributed by atoms with Crippen molar-refractivity contribution in [1.29, 1.82) is 0 Å². The Morgan fingerprint density at radius 3 is 2.30 bits per heavy atom. The maximum Gasteiger partial charge on any atom is 0.241 e. The van der Waals surface area contributed by atoms with Crippen LogP contribution in [-0.4, -0.2) is 33.0 Å². The van der Waals surface area contributed by atoms with Gasteiger partial charge >= 0.3 is 0 Å². The van der Waals surface area contributed by atoms with E-state index in [1.54, 1.807) is 19.2 Å². The molecule has 0 bridgehead atoms. The molecule has 0 heterocycles. The van der Waals surface area contributed by atoms with Crippen LogP contribution in [0.15, 0.2) is 34.2 Å². The van der Waals surface area contributed by atoms with Gasteiger partial charge < -0.3 is 10.6 Å². The van der Waals surface area contributed by atoms with Gasteiger partial charge in [-0.15, -0.1) is 0 Å². The highest BCUT2D eigenvalue weighted by atomic mass is 32.2. The molecule has 27 heavy (non-hydrogen) atoms. The minimum Gasteiger partial charge on any atom is -0.354 e. The quantitative estimate of drug-likeness (QED) is 0.465. The molecule has 0 aromatic heterocycles. The molecule has 1 unspecified atom stereocenters. The number of benzene rings is 1. The largest absolute Gasteiger partial charge is 0.354 e. The zero-order valence-corrected chi connectivity index (χ0v) is 18.6. The summed E-state index contributed by atoms with van der Waals surface area (Å²) in [4.78, 5) is 4.54. The van der Waals surface area contributed by atoms with E-state index in [4.69, 9.17) is 0 Å². The number of hydrogen-bond acceptors (Lipinski definition) is 3. The Bertz CT molecular complexity index is 722. The van der Waals surface area contributed by atoms with E-state index in [1.807, 2.05) is 32.9 Å². The molecule has 1 aromatic carbocycles. The van der Waals surface area contributed by atoms with Gasteiger partial charge in [0.1, 0.15) is 0 Å². The summed E-state index contributed by atoms with van der Waals surface area (Å²) in [6.07, 6.45) is 2.20. The number of guanidine groups is 1. The minimum atomic E-state index is -3.59. The van der Waals surface area contributed by atoms with Crippen LogP contribution >= 0.6 is 0 Å². The highest BCUT2D eigenvalue weighted by Crippen LogP contribution is 2.17. The average molecular weight is 397 g/mol. The van der Waals surface area contributed by atoms with E-state index in [1.165, 1.54) is 0 Å². The molecular formula is C20H36N4O2S. The van der Waals surface area contributed by atoms with E-state index in [0.29, 0.717) is 30.0 Å². The zero-order chi connectivity index (χ0) is 20.7. The third kappa shape index (κ3) is 8.75. The molecule has 7 heteroatoms. The van der Waals surface area contributed by atoms with Gasteiger partial charge in [0.2, 0.25) is 10.0 Å². The van der Waals surface area contributed by atoms with Gasteiger partial charge in [-0.2, -0.15) is 0 Å². The van der Waals surface area contributed by atoms with Crippen LogP contribution in [0.1, 0.15) is 59.9 Å². The summed E-state index contributed by atoms with van der Waals surface area (Å²) >= 11 is 0. The lowest BCUT2D eigenvalue weighted by Crippen LogP contribution is -2.43. The number of nitrogens with one attached hydrogen (secondary N) is 3. The molecule has 0 saturated carbocycles. The fourth-order valence-corrected chi connectivity index (χ4v) is 4.29. The van der Waals surface area contributed by atoms with Crippen LogP contribution in [0.2, 0.25) is 0 Å². The topological polar surface area (TPSA) is 82.6 Å². The predicted octanol–water partition coefficient (Wildman–Crippen LogP) is 3.25. The molecule has 154 valence electrons. The van der Waals surface area contributed by atoms with Gasteiger partial charge in [0.05, 0.1) is 4.90 Å². The Morgan fingerprint density at radius 1 is 1.11 bits per heavy atom. The third-order valence-electron chi connectivity index (χ3n) is 3.93. The van der Waals surface area contributed by atoms with E-state index in [-0.39, 0.29) is 4.90 Å². The predicted molar refractivity (Wildman–Crippen MR) is 113 cm³/mol. The first-order valence-corrected chi connectivity index (χ1v) is 11.0. The summed E-state index contributed by atoms with van der Waals surface area (Å²) in [5, 5.41) is 6.59. The fraction of sp³-hybridized carbons (Fsp3) is 0.650. The van der Waals surface area contributed by atoms with Crippen LogP contribution in [0.25, 0.3) is 0 Å². The van der Waals surface area contributed by atoms with Crippen LogP contribution in [0.4, 0.5) is 0 Å². The molecule has 1 atom stereocenters. The molecular weight excluding hydrogens is 360 g/mol. The molecule has 0 fully saturated rings. The summed E-state index contributed by atoms with van der Waals surface area (Å²) in [7, 11) is -1.88. The van der Waals surface area contributed by atoms with Crippen molar-refractivity contribution in [2.45, 2.75) is 77.4 Å². The van der Waals surface area contributed by atoms with Gasteiger partial charge in [0, 0.05) is 25.2 Å². The van der Waals surface area contributed by atoms with Gasteiger partial charge in [-0.25, -0.2) is 13.1 Å². The summed E-state index contributed by atoms with van der Waals surface area (Å²) in [5.41, 5.74) is 0.162. The first-order chi connectivity index (χ1) is 12.4. The standard InChI is InChI=1S/C20H36N4O2S/c1-15(2)12-13-16(3)23-19(21-7)22-14-17-10-8-9-11-18(17)27(25,26)24-20(4,5)6/h8-11,15-16,24H,12-14H2,1-7H3,(H2,21,22,23).